The molecule has 1 fully saturated rings. The van der Waals surface area contributed by atoms with Gasteiger partial charge in [0, 0.05) is 10.7 Å². The van der Waals surface area contributed by atoms with Crippen molar-refractivity contribution in [3.63, 3.8) is 0 Å². The Kier molecular flexibility index (Phi) is 6.67. The molecule has 2 aromatic carbocycles. The highest BCUT2D eigenvalue weighted by atomic mass is 35.5. The lowest BCUT2D eigenvalue weighted by molar-refractivity contribution is -0.126. The molecular weight excluding hydrogens is 412 g/mol. The minimum absolute atomic E-state index is 0.143. The minimum atomic E-state index is -0.337. The van der Waals surface area contributed by atoms with Gasteiger partial charge in [-0.1, -0.05) is 78.1 Å². The van der Waals surface area contributed by atoms with Crippen molar-refractivity contribution in [2.45, 2.75) is 6.92 Å². The number of anilines is 1. The third-order valence-electron chi connectivity index (χ3n) is 3.84. The smallest absolute Gasteiger partial charge is 0.266 e. The van der Waals surface area contributed by atoms with Crippen molar-refractivity contribution in [3.05, 3.63) is 81.7 Å². The van der Waals surface area contributed by atoms with E-state index < -0.39 is 0 Å². The largest absolute Gasteiger partial charge is 0.324 e. The van der Waals surface area contributed by atoms with E-state index >= 15 is 0 Å². The molecule has 1 aliphatic rings. The third kappa shape index (κ3) is 5.32. The maximum absolute atomic E-state index is 12.7. The summed E-state index contributed by atoms with van der Waals surface area (Å²) in [6.45, 7) is 1.78. The number of allylic oxidation sites excluding steroid dienone is 2. The van der Waals surface area contributed by atoms with Crippen LogP contribution >= 0.6 is 35.6 Å². The van der Waals surface area contributed by atoms with E-state index in [9.17, 15) is 9.59 Å². The summed E-state index contributed by atoms with van der Waals surface area (Å²) in [5.41, 5.74) is 2.54. The molecule has 1 saturated heterocycles. The van der Waals surface area contributed by atoms with E-state index in [2.05, 4.69) is 5.32 Å². The summed E-state index contributed by atoms with van der Waals surface area (Å²) in [5.74, 6) is -0.603. The van der Waals surface area contributed by atoms with Gasteiger partial charge in [-0.15, -0.1) is 0 Å². The van der Waals surface area contributed by atoms with Gasteiger partial charge in [-0.05, 0) is 42.3 Å². The van der Waals surface area contributed by atoms with E-state index in [4.69, 9.17) is 23.8 Å². The minimum Gasteiger partial charge on any atom is -0.324 e. The first-order valence-corrected chi connectivity index (χ1v) is 10.1. The van der Waals surface area contributed by atoms with Crippen LogP contribution in [0.15, 0.2) is 71.2 Å². The highest BCUT2D eigenvalue weighted by Crippen LogP contribution is 2.32. The Morgan fingerprint density at radius 3 is 2.68 bits per heavy atom. The van der Waals surface area contributed by atoms with Crippen molar-refractivity contribution in [2.24, 2.45) is 0 Å². The fraction of sp³-hybridized carbons (Fsp3) is 0.0952. The second kappa shape index (κ2) is 9.19. The van der Waals surface area contributed by atoms with Gasteiger partial charge in [-0.2, -0.15) is 0 Å². The predicted molar refractivity (Wildman–Crippen MR) is 120 cm³/mol. The summed E-state index contributed by atoms with van der Waals surface area (Å²) < 4.78 is 0.366. The molecule has 0 aromatic heterocycles. The zero-order valence-corrected chi connectivity index (χ0v) is 17.4. The summed E-state index contributed by atoms with van der Waals surface area (Å²) in [5, 5.41) is 3.24. The molecule has 2 amide bonds. The van der Waals surface area contributed by atoms with Gasteiger partial charge in [-0.3, -0.25) is 14.5 Å². The van der Waals surface area contributed by atoms with Gasteiger partial charge in [0.15, 0.2) is 0 Å². The molecule has 28 heavy (non-hydrogen) atoms. The Bertz CT molecular complexity index is 987. The molecule has 1 heterocycles. The van der Waals surface area contributed by atoms with Crippen LogP contribution in [0.4, 0.5) is 5.69 Å². The van der Waals surface area contributed by atoms with E-state index in [1.807, 2.05) is 43.3 Å². The Hall–Kier alpha value is -2.41. The van der Waals surface area contributed by atoms with E-state index in [0.29, 0.717) is 19.9 Å². The molecule has 3 rings (SSSR count). The van der Waals surface area contributed by atoms with Gasteiger partial charge >= 0.3 is 0 Å². The summed E-state index contributed by atoms with van der Waals surface area (Å²) in [4.78, 5) is 26.8. The van der Waals surface area contributed by atoms with E-state index in [1.54, 1.807) is 30.3 Å². The number of rotatable bonds is 5. The quantitative estimate of drug-likeness (QED) is 0.530. The molecule has 0 spiro atoms. The zero-order valence-electron chi connectivity index (χ0n) is 15.0. The van der Waals surface area contributed by atoms with E-state index in [0.717, 1.165) is 11.1 Å². The molecule has 7 heteroatoms. The number of halogens is 1. The van der Waals surface area contributed by atoms with Gasteiger partial charge < -0.3 is 5.32 Å². The maximum atomic E-state index is 12.7. The average Bonchev–Trinajstić information content (AvgIpc) is 2.90. The van der Waals surface area contributed by atoms with Gasteiger partial charge in [0.2, 0.25) is 5.91 Å². The van der Waals surface area contributed by atoms with E-state index in [1.165, 1.54) is 16.7 Å². The number of hydrogen-bond acceptors (Lipinski definition) is 4. The first-order valence-electron chi connectivity index (χ1n) is 8.46. The zero-order chi connectivity index (χ0) is 20.1. The third-order valence-corrected chi connectivity index (χ3v) is 5.45. The summed E-state index contributed by atoms with van der Waals surface area (Å²) >= 11 is 12.4. The van der Waals surface area contributed by atoms with Crippen LogP contribution in [0.3, 0.4) is 0 Å². The van der Waals surface area contributed by atoms with Crippen LogP contribution in [-0.2, 0) is 9.59 Å². The van der Waals surface area contributed by atoms with Crippen LogP contribution in [0.2, 0.25) is 5.02 Å². The Morgan fingerprint density at radius 2 is 1.96 bits per heavy atom. The van der Waals surface area contributed by atoms with Crippen LogP contribution in [-0.4, -0.2) is 27.6 Å². The number of carbonyl (C=O) groups excluding carboxylic acids is 2. The molecule has 4 nitrogen and oxygen atoms in total. The van der Waals surface area contributed by atoms with Crippen LogP contribution in [0.5, 0.6) is 0 Å². The number of nitrogens with one attached hydrogen (secondary N) is 1. The number of hydrogen-bond donors (Lipinski definition) is 1. The van der Waals surface area contributed by atoms with Gasteiger partial charge in [0.1, 0.15) is 10.9 Å². The number of nitrogens with zero attached hydrogens (tertiary/aromatic N) is 1. The summed E-state index contributed by atoms with van der Waals surface area (Å²) in [7, 11) is 0. The molecule has 1 aliphatic heterocycles. The molecule has 0 aliphatic carbocycles. The summed E-state index contributed by atoms with van der Waals surface area (Å²) in [6, 6.07) is 16.7. The monoisotopic (exact) mass is 428 g/mol. The van der Waals surface area contributed by atoms with Gasteiger partial charge in [0.05, 0.1) is 4.91 Å². The van der Waals surface area contributed by atoms with E-state index in [-0.39, 0.29) is 18.4 Å². The second-order valence-corrected chi connectivity index (χ2v) is 8.24. The van der Waals surface area contributed by atoms with Crippen LogP contribution in [0.25, 0.3) is 6.08 Å². The van der Waals surface area contributed by atoms with Gasteiger partial charge in [0.25, 0.3) is 5.91 Å². The maximum Gasteiger partial charge on any atom is 0.266 e. The number of benzene rings is 2. The van der Waals surface area contributed by atoms with Crippen LogP contribution < -0.4 is 5.32 Å². The normalized spacial score (nSPS) is 16.0. The lowest BCUT2D eigenvalue weighted by Crippen LogP contribution is -2.36. The van der Waals surface area contributed by atoms with Crippen LogP contribution in [0, 0.1) is 0 Å². The van der Waals surface area contributed by atoms with Crippen molar-refractivity contribution in [2.75, 3.05) is 11.9 Å². The topological polar surface area (TPSA) is 49.4 Å². The van der Waals surface area contributed by atoms with Crippen molar-refractivity contribution in [1.82, 2.24) is 4.90 Å². The average molecular weight is 429 g/mol. The molecule has 0 unspecified atom stereocenters. The van der Waals surface area contributed by atoms with Crippen LogP contribution in [0.1, 0.15) is 12.5 Å². The van der Waals surface area contributed by atoms with Gasteiger partial charge in [-0.25, -0.2) is 0 Å². The Balaban J connectivity index is 1.67. The Labute approximate surface area is 178 Å². The molecule has 0 atom stereocenters. The molecule has 1 N–H and O–H groups in total. The van der Waals surface area contributed by atoms with Crippen molar-refractivity contribution >= 4 is 63.5 Å². The first kappa shape index (κ1) is 20.3. The lowest BCUT2D eigenvalue weighted by Gasteiger charge is -2.14. The predicted octanol–water partition coefficient (Wildman–Crippen LogP) is 5.13. The lowest BCUT2D eigenvalue weighted by atomic mass is 10.1. The molecule has 0 bridgehead atoms. The fourth-order valence-corrected chi connectivity index (χ4v) is 4.10. The Morgan fingerprint density at radius 1 is 1.21 bits per heavy atom. The number of thioether (sulfide) groups is 1. The molecular formula is C21H17ClN2O2S2. The highest BCUT2D eigenvalue weighted by molar-refractivity contribution is 8.26. The summed E-state index contributed by atoms with van der Waals surface area (Å²) in [6.07, 6.45) is 3.78. The molecule has 142 valence electrons. The fourth-order valence-electron chi connectivity index (χ4n) is 2.61. The number of amides is 2. The first-order chi connectivity index (χ1) is 13.4. The molecule has 0 radical (unpaired) electrons. The number of carbonyl (C=O) groups is 2. The van der Waals surface area contributed by atoms with Crippen molar-refractivity contribution < 1.29 is 9.59 Å². The number of thiocarbonyl (C=S) groups is 1. The SMILES string of the molecule is CC(=Cc1ccccc1)C=C1SC(=S)N(CC(=O)Nc2cccc(Cl)c2)C1=O. The van der Waals surface area contributed by atoms with Crippen molar-refractivity contribution in [1.29, 1.82) is 0 Å². The highest BCUT2D eigenvalue weighted by Gasteiger charge is 2.33. The standard InChI is InChI=1S/C21H17ClN2O2S2/c1-14(10-15-6-3-2-4-7-15)11-18-20(26)24(21(27)28-18)13-19(25)23-17-9-5-8-16(22)12-17/h2-12H,13H2,1H3,(H,23,25). The second-order valence-electron chi connectivity index (χ2n) is 6.13. The molecule has 0 saturated carbocycles. The molecule has 2 aromatic rings. The van der Waals surface area contributed by atoms with Crippen molar-refractivity contribution in [3.8, 4) is 0 Å².